The molecule has 41 heavy (non-hydrogen) atoms. The molecule has 3 amide bonds. The van der Waals surface area contributed by atoms with E-state index < -0.39 is 22.0 Å². The maximum atomic E-state index is 12.8. The van der Waals surface area contributed by atoms with Gasteiger partial charge in [0.05, 0.1) is 25.0 Å². The predicted molar refractivity (Wildman–Crippen MR) is 151 cm³/mol. The van der Waals surface area contributed by atoms with Gasteiger partial charge in [0.15, 0.2) is 0 Å². The minimum Gasteiger partial charge on any atom is -0.480 e. The van der Waals surface area contributed by atoms with Crippen molar-refractivity contribution < 1.29 is 32.3 Å². The second-order valence-electron chi connectivity index (χ2n) is 10.2. The number of likely N-dealkylation sites (tertiary alicyclic amines) is 1. The van der Waals surface area contributed by atoms with Crippen LogP contribution in [0.3, 0.4) is 0 Å². The van der Waals surface area contributed by atoms with Crippen LogP contribution in [0.4, 0.5) is 10.6 Å². The Hall–Kier alpha value is -3.56. The molecule has 2 aromatic rings. The van der Waals surface area contributed by atoms with Crippen LogP contribution in [-0.2, 0) is 32.6 Å². The van der Waals surface area contributed by atoms with Gasteiger partial charge in [-0.1, -0.05) is 19.4 Å². The van der Waals surface area contributed by atoms with Gasteiger partial charge >= 0.3 is 12.0 Å². The van der Waals surface area contributed by atoms with Crippen LogP contribution in [0.5, 0.6) is 0 Å². The van der Waals surface area contributed by atoms with E-state index in [-0.39, 0.29) is 54.9 Å². The van der Waals surface area contributed by atoms with Gasteiger partial charge < -0.3 is 19.7 Å². The van der Waals surface area contributed by atoms with Crippen molar-refractivity contribution in [3.8, 4) is 0 Å². The predicted octanol–water partition coefficient (Wildman–Crippen LogP) is 1.34. The number of aliphatic carboxylic acids is 1. The van der Waals surface area contributed by atoms with Gasteiger partial charge in [0.2, 0.25) is 21.8 Å². The molecule has 1 aliphatic rings. The van der Waals surface area contributed by atoms with Gasteiger partial charge in [0.25, 0.3) is 0 Å². The summed E-state index contributed by atoms with van der Waals surface area (Å²) >= 11 is 0. The number of nitrogens with zero attached hydrogens (tertiary/aromatic N) is 4. The first kappa shape index (κ1) is 32.0. The summed E-state index contributed by atoms with van der Waals surface area (Å²) in [5, 5.41) is 15.2. The first-order valence-electron chi connectivity index (χ1n) is 13.6. The molecule has 3 heterocycles. The maximum absolute atomic E-state index is 12.8. The van der Waals surface area contributed by atoms with Crippen molar-refractivity contribution in [2.45, 2.75) is 64.6 Å². The van der Waals surface area contributed by atoms with Gasteiger partial charge in [-0.3, -0.25) is 19.8 Å². The highest BCUT2D eigenvalue weighted by Crippen LogP contribution is 2.14. The highest BCUT2D eigenvalue weighted by Gasteiger charge is 2.27. The maximum Gasteiger partial charge on any atom is 0.322 e. The summed E-state index contributed by atoms with van der Waals surface area (Å²) in [5.74, 6) is -0.696. The van der Waals surface area contributed by atoms with Crippen molar-refractivity contribution in [1.82, 2.24) is 29.8 Å². The lowest BCUT2D eigenvalue weighted by Crippen LogP contribution is -2.48. The fourth-order valence-corrected chi connectivity index (χ4v) is 5.69. The fourth-order valence-electron chi connectivity index (χ4n) is 4.29. The molecule has 226 valence electrons. The smallest absolute Gasteiger partial charge is 0.322 e. The van der Waals surface area contributed by atoms with E-state index >= 15 is 0 Å². The quantitative estimate of drug-likeness (QED) is 0.249. The normalized spacial score (nSPS) is 15.3. The molecule has 2 aromatic heterocycles. The van der Waals surface area contributed by atoms with E-state index in [1.807, 2.05) is 24.8 Å². The number of aryl methyl sites for hydroxylation is 1. The topological polar surface area (TPSA) is 187 Å². The van der Waals surface area contributed by atoms with Gasteiger partial charge in [-0.15, -0.1) is 0 Å². The summed E-state index contributed by atoms with van der Waals surface area (Å²) in [5.41, 5.74) is 0.871. The molecule has 0 saturated carbocycles. The van der Waals surface area contributed by atoms with Crippen LogP contribution >= 0.6 is 0 Å². The molecule has 0 aromatic carbocycles. The first-order chi connectivity index (χ1) is 19.5. The zero-order valence-corrected chi connectivity index (χ0v) is 24.4. The van der Waals surface area contributed by atoms with E-state index in [4.69, 9.17) is 4.42 Å². The Kier molecular flexibility index (Phi) is 11.6. The summed E-state index contributed by atoms with van der Waals surface area (Å²) in [6, 6.07) is 1.96. The number of sulfonamides is 1. The van der Waals surface area contributed by atoms with Crippen molar-refractivity contribution in [3.05, 3.63) is 41.7 Å². The van der Waals surface area contributed by atoms with Gasteiger partial charge in [-0.2, -0.15) is 0 Å². The van der Waals surface area contributed by atoms with E-state index in [0.717, 1.165) is 5.56 Å². The van der Waals surface area contributed by atoms with Crippen molar-refractivity contribution in [3.63, 3.8) is 0 Å². The van der Waals surface area contributed by atoms with Crippen molar-refractivity contribution >= 4 is 33.7 Å². The third kappa shape index (κ3) is 10.4. The number of carbonyl (C=O) groups is 3. The molecule has 0 spiro atoms. The number of anilines is 1. The Balaban J connectivity index is 1.42. The number of nitrogens with one attached hydrogen (secondary N) is 3. The van der Waals surface area contributed by atoms with Gasteiger partial charge in [-0.05, 0) is 37.8 Å². The molecule has 3 rings (SSSR count). The number of pyridine rings is 1. The summed E-state index contributed by atoms with van der Waals surface area (Å²) in [6.07, 6.45) is 5.22. The van der Waals surface area contributed by atoms with Crippen LogP contribution in [0, 0.1) is 6.92 Å². The molecule has 1 saturated heterocycles. The number of carboxylic acid groups (broad SMARTS) is 1. The molecule has 14 nitrogen and oxygen atoms in total. The Morgan fingerprint density at radius 2 is 1.98 bits per heavy atom. The number of unbranched alkanes of at least 4 members (excludes halogenated alkanes) is 1. The number of amides is 3. The molecule has 1 fully saturated rings. The van der Waals surface area contributed by atoms with Crippen LogP contribution < -0.4 is 15.4 Å². The van der Waals surface area contributed by atoms with Crippen LogP contribution in [0.25, 0.3) is 0 Å². The average Bonchev–Trinajstić information content (AvgIpc) is 3.36. The van der Waals surface area contributed by atoms with Crippen LogP contribution in [0.15, 0.2) is 28.9 Å². The van der Waals surface area contributed by atoms with Gasteiger partial charge in [0.1, 0.15) is 17.6 Å². The number of piperidine rings is 1. The highest BCUT2D eigenvalue weighted by atomic mass is 32.2. The molecule has 4 N–H and O–H groups in total. The second-order valence-corrected chi connectivity index (χ2v) is 12.0. The third-order valence-electron chi connectivity index (χ3n) is 6.71. The SMILES string of the molecule is CCCCS(=O)(=O)NC(Cc1cnc(CN(C)C(=O)CN2CCC(NC(=O)Nc3ncccc3C)CC2)o1)C(=O)O. The largest absolute Gasteiger partial charge is 0.480 e. The highest BCUT2D eigenvalue weighted by molar-refractivity contribution is 7.89. The van der Waals surface area contributed by atoms with Crippen molar-refractivity contribution in [1.29, 1.82) is 0 Å². The molecule has 0 bridgehead atoms. The molecular formula is C26H39N7O7S. The molecule has 15 heteroatoms. The summed E-state index contributed by atoms with van der Waals surface area (Å²) < 4.78 is 32.1. The Morgan fingerprint density at radius 3 is 2.63 bits per heavy atom. The number of urea groups is 1. The van der Waals surface area contributed by atoms with E-state index in [0.29, 0.717) is 44.6 Å². The number of carboxylic acids is 1. The molecule has 1 atom stereocenters. The second kappa shape index (κ2) is 14.9. The summed E-state index contributed by atoms with van der Waals surface area (Å²) in [4.78, 5) is 48.5. The number of aromatic nitrogens is 2. The van der Waals surface area contributed by atoms with Crippen LogP contribution in [-0.4, -0.2) is 95.7 Å². The Labute approximate surface area is 239 Å². The number of hydrogen-bond acceptors (Lipinski definition) is 9. The number of oxazole rings is 1. The van der Waals surface area contributed by atoms with Crippen LogP contribution in [0.2, 0.25) is 0 Å². The van der Waals surface area contributed by atoms with Gasteiger partial charge in [-0.25, -0.2) is 27.9 Å². The lowest BCUT2D eigenvalue weighted by Gasteiger charge is -2.32. The van der Waals surface area contributed by atoms with Crippen LogP contribution in [0.1, 0.15) is 49.8 Å². The summed E-state index contributed by atoms with van der Waals surface area (Å²) in [7, 11) is -2.13. The summed E-state index contributed by atoms with van der Waals surface area (Å²) in [6.45, 7) is 5.26. The lowest BCUT2D eigenvalue weighted by molar-refractivity contribution is -0.139. The molecule has 1 unspecified atom stereocenters. The minimum atomic E-state index is -3.75. The number of likely N-dealkylation sites (N-methyl/N-ethyl adjacent to an activating group) is 1. The molecular weight excluding hydrogens is 554 g/mol. The van der Waals surface area contributed by atoms with E-state index in [1.165, 1.54) is 11.1 Å². The Bertz CT molecular complexity index is 1290. The van der Waals surface area contributed by atoms with E-state index in [2.05, 4.69) is 25.3 Å². The molecule has 0 radical (unpaired) electrons. The minimum absolute atomic E-state index is 0.0143. The Morgan fingerprint density at radius 1 is 1.24 bits per heavy atom. The number of carbonyl (C=O) groups excluding carboxylic acids is 2. The lowest BCUT2D eigenvalue weighted by atomic mass is 10.1. The zero-order valence-electron chi connectivity index (χ0n) is 23.6. The van der Waals surface area contributed by atoms with Crippen molar-refractivity contribution in [2.24, 2.45) is 0 Å². The van der Waals surface area contributed by atoms with Crippen molar-refractivity contribution in [2.75, 3.05) is 37.8 Å². The standard InChI is InChI=1S/C26H39N7O7S/c1-4-5-13-41(38,39)31-21(25(35)36)14-20-15-28-22(40-20)16-32(3)23(34)17-33-11-8-19(9-12-33)29-26(37)30-24-18(2)7-6-10-27-24/h6-7,10,15,19,21,31H,4-5,8-9,11-14,16-17H2,1-3H3,(H,35,36)(H2,27,29,30,37). The monoisotopic (exact) mass is 593 g/mol. The fraction of sp³-hybridized carbons (Fsp3) is 0.577. The molecule has 1 aliphatic heterocycles. The van der Waals surface area contributed by atoms with E-state index in [9.17, 15) is 27.9 Å². The first-order valence-corrected chi connectivity index (χ1v) is 15.2. The third-order valence-corrected chi connectivity index (χ3v) is 8.18. The molecule has 0 aliphatic carbocycles. The van der Waals surface area contributed by atoms with E-state index in [1.54, 1.807) is 19.3 Å². The number of rotatable bonds is 14. The van der Waals surface area contributed by atoms with Gasteiger partial charge in [0, 0.05) is 38.8 Å². The average molecular weight is 594 g/mol. The number of hydrogen-bond donors (Lipinski definition) is 4. The zero-order chi connectivity index (χ0) is 30.0.